The Morgan fingerprint density at radius 3 is 2.81 bits per heavy atom. The molecule has 0 N–H and O–H groups in total. The van der Waals surface area contributed by atoms with E-state index in [1.165, 1.54) is 16.5 Å². The first-order chi connectivity index (χ1) is 15.2. The van der Waals surface area contributed by atoms with Gasteiger partial charge in [0.1, 0.15) is 0 Å². The van der Waals surface area contributed by atoms with Crippen LogP contribution >= 0.6 is 23.1 Å². The summed E-state index contributed by atoms with van der Waals surface area (Å²) in [6, 6.07) is 18.5. The van der Waals surface area contributed by atoms with Crippen molar-refractivity contribution in [2.24, 2.45) is 7.05 Å². The van der Waals surface area contributed by atoms with Crippen molar-refractivity contribution in [2.75, 3.05) is 18.8 Å². The molecule has 0 unspecified atom stereocenters. The highest BCUT2D eigenvalue weighted by Gasteiger charge is 2.27. The van der Waals surface area contributed by atoms with Crippen molar-refractivity contribution in [3.63, 3.8) is 0 Å². The first-order valence-electron chi connectivity index (χ1n) is 10.5. The summed E-state index contributed by atoms with van der Waals surface area (Å²) >= 11 is 3.28. The van der Waals surface area contributed by atoms with Crippen LogP contribution in [0.1, 0.15) is 23.8 Å². The van der Waals surface area contributed by atoms with Crippen molar-refractivity contribution in [1.29, 1.82) is 0 Å². The molecular weight excluding hydrogens is 424 g/mol. The maximum Gasteiger partial charge on any atom is 0.233 e. The number of aromatic nitrogens is 3. The monoisotopic (exact) mass is 448 g/mol. The zero-order chi connectivity index (χ0) is 21.2. The molecule has 1 atom stereocenters. The Morgan fingerprint density at radius 1 is 1.16 bits per heavy atom. The Bertz CT molecular complexity index is 1170. The number of rotatable bonds is 5. The Hall–Kier alpha value is -2.64. The van der Waals surface area contributed by atoms with Crippen LogP contribution in [-0.2, 0) is 11.8 Å². The van der Waals surface area contributed by atoms with Gasteiger partial charge in [-0.15, -0.1) is 11.3 Å². The molecule has 1 fully saturated rings. The molecule has 0 spiro atoms. The number of para-hydroxylation sites is 1. The largest absolute Gasteiger partial charge is 0.341 e. The minimum absolute atomic E-state index is 0.181. The van der Waals surface area contributed by atoms with Gasteiger partial charge in [0.2, 0.25) is 5.91 Å². The molecule has 2 aromatic carbocycles. The lowest BCUT2D eigenvalue weighted by Gasteiger charge is -2.31. The lowest BCUT2D eigenvalue weighted by molar-refractivity contribution is -0.129. The van der Waals surface area contributed by atoms with Gasteiger partial charge in [0.25, 0.3) is 0 Å². The van der Waals surface area contributed by atoms with E-state index < -0.39 is 0 Å². The highest BCUT2D eigenvalue weighted by Crippen LogP contribution is 2.33. The number of likely N-dealkylation sites (tertiary alicyclic amines) is 1. The summed E-state index contributed by atoms with van der Waals surface area (Å²) in [6.45, 7) is 1.59. The number of fused-ring (bicyclic) bond motifs is 1. The zero-order valence-electron chi connectivity index (χ0n) is 17.4. The van der Waals surface area contributed by atoms with Crippen LogP contribution in [0.25, 0.3) is 21.5 Å². The molecule has 31 heavy (non-hydrogen) atoms. The van der Waals surface area contributed by atoms with Crippen molar-refractivity contribution in [3.05, 3.63) is 65.8 Å². The standard InChI is InChI=1S/C24H24N4OS2/c1-27-20(17-8-3-2-4-9-17)14-25-24(27)30-16-22(29)28-13-7-10-18(15-28)23-26-19-11-5-6-12-21(19)31-23/h2-6,8-9,11-12,14,18H,7,10,13,15-16H2,1H3/t18-/m1/s1. The van der Waals surface area contributed by atoms with E-state index in [9.17, 15) is 4.79 Å². The predicted molar refractivity (Wildman–Crippen MR) is 128 cm³/mol. The zero-order valence-corrected chi connectivity index (χ0v) is 19.0. The smallest absolute Gasteiger partial charge is 0.233 e. The SMILES string of the molecule is Cn1c(-c2ccccc2)cnc1SCC(=O)N1CCC[C@@H](c2nc3ccccc3s2)C1. The molecule has 1 aliphatic heterocycles. The molecule has 158 valence electrons. The molecule has 1 amide bonds. The normalized spacial score (nSPS) is 16.7. The van der Waals surface area contributed by atoms with Crippen molar-refractivity contribution < 1.29 is 4.79 Å². The molecule has 5 rings (SSSR count). The van der Waals surface area contributed by atoms with Gasteiger partial charge in [-0.1, -0.05) is 54.2 Å². The Labute approximate surface area is 190 Å². The number of carbonyl (C=O) groups excluding carboxylic acids is 1. The third kappa shape index (κ3) is 4.25. The van der Waals surface area contributed by atoms with Crippen LogP contribution in [0.15, 0.2) is 66.0 Å². The fraction of sp³-hybridized carbons (Fsp3) is 0.292. The molecule has 0 aliphatic carbocycles. The third-order valence-corrected chi connectivity index (χ3v) is 8.00. The van der Waals surface area contributed by atoms with E-state index in [1.54, 1.807) is 11.3 Å². The van der Waals surface area contributed by atoms with Gasteiger partial charge in [-0.05, 0) is 30.5 Å². The summed E-state index contributed by atoms with van der Waals surface area (Å²) in [5.41, 5.74) is 3.25. The number of thioether (sulfide) groups is 1. The van der Waals surface area contributed by atoms with Gasteiger partial charge in [0.05, 0.1) is 32.9 Å². The average molecular weight is 449 g/mol. The molecule has 0 saturated carbocycles. The van der Waals surface area contributed by atoms with Crippen LogP contribution < -0.4 is 0 Å². The van der Waals surface area contributed by atoms with E-state index in [0.717, 1.165) is 52.9 Å². The highest BCUT2D eigenvalue weighted by atomic mass is 32.2. The second-order valence-corrected chi connectivity index (χ2v) is 9.84. The molecular formula is C24H24N4OS2. The van der Waals surface area contributed by atoms with Crippen LogP contribution in [-0.4, -0.2) is 44.2 Å². The maximum absolute atomic E-state index is 13.0. The fourth-order valence-electron chi connectivity index (χ4n) is 4.09. The first-order valence-corrected chi connectivity index (χ1v) is 12.3. The van der Waals surface area contributed by atoms with Crippen molar-refractivity contribution >= 4 is 39.2 Å². The Balaban J connectivity index is 1.23. The van der Waals surface area contributed by atoms with Gasteiger partial charge >= 0.3 is 0 Å². The van der Waals surface area contributed by atoms with E-state index in [1.807, 2.05) is 42.4 Å². The summed E-state index contributed by atoms with van der Waals surface area (Å²) in [5.74, 6) is 0.920. The minimum Gasteiger partial charge on any atom is -0.341 e. The predicted octanol–water partition coefficient (Wildman–Crippen LogP) is 5.20. The number of imidazole rings is 1. The summed E-state index contributed by atoms with van der Waals surface area (Å²) in [7, 11) is 2.01. The molecule has 7 heteroatoms. The molecule has 1 aliphatic rings. The van der Waals surface area contributed by atoms with Gasteiger partial charge in [-0.25, -0.2) is 9.97 Å². The first kappa shape index (κ1) is 20.3. The van der Waals surface area contributed by atoms with Gasteiger partial charge in [-0.2, -0.15) is 0 Å². The van der Waals surface area contributed by atoms with Gasteiger partial charge in [0.15, 0.2) is 5.16 Å². The van der Waals surface area contributed by atoms with Gasteiger partial charge in [-0.3, -0.25) is 4.79 Å². The van der Waals surface area contributed by atoms with Gasteiger partial charge in [0, 0.05) is 26.1 Å². The second kappa shape index (κ2) is 8.85. The number of piperidine rings is 1. The molecule has 0 bridgehead atoms. The van der Waals surface area contributed by atoms with E-state index in [4.69, 9.17) is 4.98 Å². The molecule has 2 aromatic heterocycles. The van der Waals surface area contributed by atoms with Crippen LogP contribution in [0.3, 0.4) is 0 Å². The quantitative estimate of drug-likeness (QED) is 0.394. The molecule has 1 saturated heterocycles. The van der Waals surface area contributed by atoms with Crippen LogP contribution in [0.5, 0.6) is 0 Å². The maximum atomic E-state index is 13.0. The lowest BCUT2D eigenvalue weighted by atomic mass is 9.99. The van der Waals surface area contributed by atoms with Gasteiger partial charge < -0.3 is 9.47 Å². The minimum atomic E-state index is 0.181. The lowest BCUT2D eigenvalue weighted by Crippen LogP contribution is -2.40. The Kier molecular flexibility index (Phi) is 5.78. The average Bonchev–Trinajstić information content (AvgIpc) is 3.41. The van der Waals surface area contributed by atoms with Crippen LogP contribution in [0.4, 0.5) is 0 Å². The summed E-state index contributed by atoms with van der Waals surface area (Å²) in [6.07, 6.45) is 4.00. The number of nitrogens with zero attached hydrogens (tertiary/aromatic N) is 4. The highest BCUT2D eigenvalue weighted by molar-refractivity contribution is 7.99. The molecule has 5 nitrogen and oxygen atoms in total. The molecule has 3 heterocycles. The van der Waals surface area contributed by atoms with Crippen LogP contribution in [0, 0.1) is 0 Å². The number of benzene rings is 2. The van der Waals surface area contributed by atoms with E-state index in [2.05, 4.69) is 39.9 Å². The van der Waals surface area contributed by atoms with Crippen molar-refractivity contribution in [1.82, 2.24) is 19.4 Å². The summed E-state index contributed by atoms with van der Waals surface area (Å²) < 4.78 is 3.29. The van der Waals surface area contributed by atoms with E-state index in [0.29, 0.717) is 11.7 Å². The fourth-order valence-corrected chi connectivity index (χ4v) is 6.04. The summed E-state index contributed by atoms with van der Waals surface area (Å²) in [4.78, 5) is 24.3. The van der Waals surface area contributed by atoms with E-state index in [-0.39, 0.29) is 5.91 Å². The number of carbonyl (C=O) groups is 1. The Morgan fingerprint density at radius 2 is 1.97 bits per heavy atom. The molecule has 0 radical (unpaired) electrons. The molecule has 4 aromatic rings. The van der Waals surface area contributed by atoms with Crippen molar-refractivity contribution in [2.45, 2.75) is 23.9 Å². The van der Waals surface area contributed by atoms with E-state index >= 15 is 0 Å². The summed E-state index contributed by atoms with van der Waals surface area (Å²) in [5, 5.41) is 2.02. The van der Waals surface area contributed by atoms with Crippen molar-refractivity contribution in [3.8, 4) is 11.3 Å². The number of hydrogen-bond donors (Lipinski definition) is 0. The third-order valence-electron chi connectivity index (χ3n) is 5.77. The number of thiazole rings is 1. The number of amides is 1. The second-order valence-electron chi connectivity index (χ2n) is 7.84. The topological polar surface area (TPSA) is 51.0 Å². The van der Waals surface area contributed by atoms with Crippen LogP contribution in [0.2, 0.25) is 0 Å². The number of hydrogen-bond acceptors (Lipinski definition) is 5.